The van der Waals surface area contributed by atoms with Crippen LogP contribution in [0.25, 0.3) is 0 Å². The van der Waals surface area contributed by atoms with Crippen molar-refractivity contribution >= 4 is 15.9 Å². The molecule has 4 heteroatoms. The highest BCUT2D eigenvalue weighted by molar-refractivity contribution is 9.10. The Morgan fingerprint density at radius 2 is 2.08 bits per heavy atom. The first-order valence-electron chi connectivity index (χ1n) is 4.13. The van der Waals surface area contributed by atoms with E-state index in [1.807, 2.05) is 24.2 Å². The van der Waals surface area contributed by atoms with E-state index in [0.717, 1.165) is 11.0 Å². The molecule has 0 spiro atoms. The first kappa shape index (κ1) is 8.69. The van der Waals surface area contributed by atoms with Crippen LogP contribution in [0.4, 0.5) is 0 Å². The second-order valence-electron chi connectivity index (χ2n) is 3.11. The van der Waals surface area contributed by atoms with Gasteiger partial charge in [-0.1, -0.05) is 33.3 Å². The molecule has 0 aliphatic carbocycles. The van der Waals surface area contributed by atoms with Gasteiger partial charge in [0.15, 0.2) is 0 Å². The molecule has 0 N–H and O–H groups in total. The predicted molar refractivity (Wildman–Crippen MR) is 54.4 cm³/mol. The minimum atomic E-state index is 0.207. The van der Waals surface area contributed by atoms with E-state index in [1.54, 1.807) is 0 Å². The van der Waals surface area contributed by atoms with Crippen molar-refractivity contribution in [2.45, 2.75) is 6.04 Å². The summed E-state index contributed by atoms with van der Waals surface area (Å²) in [6.07, 6.45) is 0. The molecule has 0 radical (unpaired) electrons. The van der Waals surface area contributed by atoms with E-state index in [4.69, 9.17) is 0 Å². The SMILES string of the molecule is CN1CC(c2ccc(Br)cc2)N=N1. The van der Waals surface area contributed by atoms with E-state index in [0.29, 0.717) is 0 Å². The Bertz CT molecular complexity index is 320. The third-order valence-corrected chi connectivity index (χ3v) is 2.56. The molecule has 0 saturated carbocycles. The van der Waals surface area contributed by atoms with Gasteiger partial charge in [-0.3, -0.25) is 5.01 Å². The summed E-state index contributed by atoms with van der Waals surface area (Å²) in [5.74, 6) is 0. The Balaban J connectivity index is 2.18. The molecule has 1 unspecified atom stereocenters. The molecule has 1 aromatic rings. The standard InChI is InChI=1S/C9H10BrN3/c1-13-6-9(11-12-13)7-2-4-8(10)5-3-7/h2-5,9H,6H2,1H3. The third-order valence-electron chi connectivity index (χ3n) is 2.04. The van der Waals surface area contributed by atoms with Crippen LogP contribution in [0, 0.1) is 0 Å². The average molecular weight is 240 g/mol. The minimum absolute atomic E-state index is 0.207. The maximum Gasteiger partial charge on any atom is 0.117 e. The lowest BCUT2D eigenvalue weighted by Crippen LogP contribution is -2.11. The Morgan fingerprint density at radius 3 is 2.62 bits per heavy atom. The molecule has 13 heavy (non-hydrogen) atoms. The van der Waals surface area contributed by atoms with E-state index in [1.165, 1.54) is 5.56 Å². The molecule has 1 aliphatic rings. The van der Waals surface area contributed by atoms with Gasteiger partial charge in [0.2, 0.25) is 0 Å². The van der Waals surface area contributed by atoms with Crippen molar-refractivity contribution < 1.29 is 0 Å². The number of nitrogens with zero attached hydrogens (tertiary/aromatic N) is 3. The monoisotopic (exact) mass is 239 g/mol. The van der Waals surface area contributed by atoms with Gasteiger partial charge in [-0.25, -0.2) is 0 Å². The maximum absolute atomic E-state index is 4.15. The summed E-state index contributed by atoms with van der Waals surface area (Å²) in [7, 11) is 1.93. The summed E-state index contributed by atoms with van der Waals surface area (Å²) in [5, 5.41) is 9.97. The van der Waals surface area contributed by atoms with E-state index in [2.05, 4.69) is 38.4 Å². The summed E-state index contributed by atoms with van der Waals surface area (Å²) < 4.78 is 1.10. The van der Waals surface area contributed by atoms with Gasteiger partial charge in [-0.05, 0) is 17.7 Å². The second kappa shape index (κ2) is 3.46. The van der Waals surface area contributed by atoms with E-state index < -0.39 is 0 Å². The number of rotatable bonds is 1. The van der Waals surface area contributed by atoms with Crippen LogP contribution >= 0.6 is 15.9 Å². The fourth-order valence-corrected chi connectivity index (χ4v) is 1.60. The molecular formula is C9H10BrN3. The lowest BCUT2D eigenvalue weighted by Gasteiger charge is -2.07. The molecule has 0 saturated heterocycles. The minimum Gasteiger partial charge on any atom is -0.279 e. The van der Waals surface area contributed by atoms with E-state index in [9.17, 15) is 0 Å². The molecule has 1 heterocycles. The Morgan fingerprint density at radius 1 is 1.38 bits per heavy atom. The van der Waals surface area contributed by atoms with Crippen LogP contribution in [0.3, 0.4) is 0 Å². The Kier molecular flexibility index (Phi) is 2.31. The number of hydrogen-bond acceptors (Lipinski definition) is 3. The largest absolute Gasteiger partial charge is 0.279 e. The van der Waals surface area contributed by atoms with E-state index in [-0.39, 0.29) is 6.04 Å². The van der Waals surface area contributed by atoms with Crippen LogP contribution in [0.1, 0.15) is 11.6 Å². The zero-order chi connectivity index (χ0) is 9.26. The third kappa shape index (κ3) is 1.88. The summed E-state index contributed by atoms with van der Waals surface area (Å²) in [5.41, 5.74) is 1.22. The van der Waals surface area contributed by atoms with Crippen LogP contribution in [-0.4, -0.2) is 18.6 Å². The fourth-order valence-electron chi connectivity index (χ4n) is 1.33. The lowest BCUT2D eigenvalue weighted by atomic mass is 10.1. The van der Waals surface area contributed by atoms with Gasteiger partial charge in [0.25, 0.3) is 0 Å². The molecule has 0 amide bonds. The zero-order valence-electron chi connectivity index (χ0n) is 7.31. The number of halogens is 1. The molecule has 3 nitrogen and oxygen atoms in total. The molecule has 1 aromatic carbocycles. The highest BCUT2D eigenvalue weighted by Gasteiger charge is 2.17. The lowest BCUT2D eigenvalue weighted by molar-refractivity contribution is 0.380. The van der Waals surface area contributed by atoms with Crippen molar-refractivity contribution in [1.29, 1.82) is 0 Å². The molecular weight excluding hydrogens is 230 g/mol. The normalized spacial score (nSPS) is 21.1. The molecule has 68 valence electrons. The fraction of sp³-hybridized carbons (Fsp3) is 0.333. The predicted octanol–water partition coefficient (Wildman–Crippen LogP) is 2.80. The van der Waals surface area contributed by atoms with Crippen molar-refractivity contribution in [3.8, 4) is 0 Å². The molecule has 0 fully saturated rings. The number of benzene rings is 1. The highest BCUT2D eigenvalue weighted by atomic mass is 79.9. The van der Waals surface area contributed by atoms with Gasteiger partial charge in [0, 0.05) is 11.5 Å². The zero-order valence-corrected chi connectivity index (χ0v) is 8.90. The molecule has 1 aliphatic heterocycles. The van der Waals surface area contributed by atoms with Crippen molar-refractivity contribution in [3.05, 3.63) is 34.3 Å². The van der Waals surface area contributed by atoms with Gasteiger partial charge in [-0.2, -0.15) is 5.11 Å². The summed E-state index contributed by atoms with van der Waals surface area (Å²) >= 11 is 3.40. The smallest absolute Gasteiger partial charge is 0.117 e. The number of hydrogen-bond donors (Lipinski definition) is 0. The van der Waals surface area contributed by atoms with E-state index >= 15 is 0 Å². The number of likely N-dealkylation sites (N-methyl/N-ethyl adjacent to an activating group) is 1. The topological polar surface area (TPSA) is 28.0 Å². The Hall–Kier alpha value is -0.900. The quantitative estimate of drug-likeness (QED) is 0.741. The molecule has 0 aromatic heterocycles. The Labute approximate surface area is 85.6 Å². The van der Waals surface area contributed by atoms with Crippen LogP contribution in [0.5, 0.6) is 0 Å². The van der Waals surface area contributed by atoms with Gasteiger partial charge in [-0.15, -0.1) is 0 Å². The summed E-state index contributed by atoms with van der Waals surface area (Å²) in [6, 6.07) is 8.42. The highest BCUT2D eigenvalue weighted by Crippen LogP contribution is 2.24. The van der Waals surface area contributed by atoms with Crippen molar-refractivity contribution in [2.24, 2.45) is 10.3 Å². The van der Waals surface area contributed by atoms with Crippen LogP contribution in [-0.2, 0) is 0 Å². The van der Waals surface area contributed by atoms with Crippen LogP contribution in [0.15, 0.2) is 39.1 Å². The second-order valence-corrected chi connectivity index (χ2v) is 4.03. The average Bonchev–Trinajstić information content (AvgIpc) is 2.53. The first-order valence-corrected chi connectivity index (χ1v) is 4.92. The summed E-state index contributed by atoms with van der Waals surface area (Å²) in [4.78, 5) is 0. The van der Waals surface area contributed by atoms with Crippen LogP contribution in [0.2, 0.25) is 0 Å². The van der Waals surface area contributed by atoms with Gasteiger partial charge in [0.1, 0.15) is 6.04 Å². The van der Waals surface area contributed by atoms with Crippen molar-refractivity contribution in [1.82, 2.24) is 5.01 Å². The van der Waals surface area contributed by atoms with Crippen molar-refractivity contribution in [3.63, 3.8) is 0 Å². The molecule has 0 bridgehead atoms. The molecule has 2 rings (SSSR count). The van der Waals surface area contributed by atoms with Gasteiger partial charge in [0.05, 0.1) is 6.54 Å². The van der Waals surface area contributed by atoms with Crippen molar-refractivity contribution in [2.75, 3.05) is 13.6 Å². The van der Waals surface area contributed by atoms with Gasteiger partial charge < -0.3 is 0 Å². The summed E-state index contributed by atoms with van der Waals surface area (Å²) in [6.45, 7) is 0.877. The van der Waals surface area contributed by atoms with Crippen LogP contribution < -0.4 is 0 Å². The maximum atomic E-state index is 4.15. The molecule has 1 atom stereocenters. The first-order chi connectivity index (χ1) is 6.25. The van der Waals surface area contributed by atoms with Gasteiger partial charge >= 0.3 is 0 Å².